The van der Waals surface area contributed by atoms with Crippen molar-refractivity contribution < 1.29 is 24.5 Å². The van der Waals surface area contributed by atoms with Crippen molar-refractivity contribution in [3.8, 4) is 33.6 Å². The molecule has 7 aromatic rings. The van der Waals surface area contributed by atoms with E-state index in [9.17, 15) is 0 Å². The molecule has 0 saturated carbocycles. The molecule has 0 aliphatic carbocycles. The second kappa shape index (κ2) is 14.5. The molecule has 48 heavy (non-hydrogen) atoms. The van der Waals surface area contributed by atoms with E-state index in [-0.39, 0.29) is 25.5 Å². The minimum Gasteiger partial charge on any atom is -0.501 e. The van der Waals surface area contributed by atoms with Gasteiger partial charge in [0.1, 0.15) is 5.58 Å². The molecule has 0 fully saturated rings. The van der Waals surface area contributed by atoms with Gasteiger partial charge in [-0.15, -0.1) is 47.5 Å². The fraction of sp³-hybridized carbons (Fsp3) is 0.209. The summed E-state index contributed by atoms with van der Waals surface area (Å²) >= 11 is 0. The molecule has 3 heterocycles. The monoisotopic (exact) mass is 823 g/mol. The summed E-state index contributed by atoms with van der Waals surface area (Å²) in [4.78, 5) is 9.22. The van der Waals surface area contributed by atoms with Crippen LogP contribution >= 0.6 is 0 Å². The average molecular weight is 823 g/mol. The van der Waals surface area contributed by atoms with Crippen LogP contribution in [0.2, 0.25) is 19.6 Å². The summed E-state index contributed by atoms with van der Waals surface area (Å²) in [7, 11) is -1.38. The first-order chi connectivity index (χ1) is 22.5. The maximum absolute atomic E-state index is 6.23. The minimum atomic E-state index is -1.38. The summed E-state index contributed by atoms with van der Waals surface area (Å²) in [6.07, 6.45) is 5.01. The fourth-order valence-corrected chi connectivity index (χ4v) is 7.59. The van der Waals surface area contributed by atoms with E-state index in [2.05, 4.69) is 119 Å². The number of rotatable bonds is 5. The van der Waals surface area contributed by atoms with E-state index in [1.54, 1.807) is 6.20 Å². The Kier molecular flexibility index (Phi) is 10.6. The van der Waals surface area contributed by atoms with Crippen molar-refractivity contribution in [2.45, 2.75) is 53.8 Å². The van der Waals surface area contributed by atoms with Gasteiger partial charge in [0.25, 0.3) is 0 Å². The Morgan fingerprint density at radius 2 is 1.50 bits per heavy atom. The average Bonchev–Trinajstić information content (AvgIpc) is 3.44. The number of hydrogen-bond donors (Lipinski definition) is 0. The Morgan fingerprint density at radius 1 is 0.771 bits per heavy atom. The van der Waals surface area contributed by atoms with Gasteiger partial charge in [-0.2, -0.15) is 0 Å². The third kappa shape index (κ3) is 7.93. The fourth-order valence-electron chi connectivity index (χ4n) is 6.02. The molecule has 0 amide bonds. The van der Waals surface area contributed by atoms with Gasteiger partial charge in [0.05, 0.1) is 13.7 Å². The van der Waals surface area contributed by atoms with Crippen LogP contribution in [0.1, 0.15) is 31.9 Å². The number of furan rings is 1. The smallest absolute Gasteiger partial charge is 0.120 e. The third-order valence-electron chi connectivity index (χ3n) is 8.22. The molecular formula is C43H42IrN2OSi-2. The molecule has 7 rings (SSSR count). The number of para-hydroxylation sites is 1. The van der Waals surface area contributed by atoms with E-state index in [1.807, 2.05) is 54.6 Å². The van der Waals surface area contributed by atoms with E-state index in [0.29, 0.717) is 0 Å². The van der Waals surface area contributed by atoms with E-state index in [4.69, 9.17) is 9.40 Å². The molecule has 0 N–H and O–H groups in total. The van der Waals surface area contributed by atoms with Crippen LogP contribution in [0.3, 0.4) is 0 Å². The summed E-state index contributed by atoms with van der Waals surface area (Å²) in [5.74, 6) is 0. The minimum absolute atomic E-state index is 0. The van der Waals surface area contributed by atoms with E-state index in [0.717, 1.165) is 62.0 Å². The molecule has 3 nitrogen and oxygen atoms in total. The number of aromatic nitrogens is 2. The van der Waals surface area contributed by atoms with Gasteiger partial charge in [0, 0.05) is 37.9 Å². The summed E-state index contributed by atoms with van der Waals surface area (Å²) in [6.45, 7) is 16.2. The molecule has 0 saturated heterocycles. The number of fused-ring (bicyclic) bond motifs is 3. The first-order valence-corrected chi connectivity index (χ1v) is 19.8. The van der Waals surface area contributed by atoms with Gasteiger partial charge in [-0.25, -0.2) is 0 Å². The molecule has 0 bridgehead atoms. The van der Waals surface area contributed by atoms with Crippen LogP contribution in [0.4, 0.5) is 0 Å². The topological polar surface area (TPSA) is 38.9 Å². The van der Waals surface area contributed by atoms with Crippen molar-refractivity contribution in [3.63, 3.8) is 0 Å². The largest absolute Gasteiger partial charge is 0.501 e. The van der Waals surface area contributed by atoms with Crippen molar-refractivity contribution in [1.29, 1.82) is 0 Å². The standard InChI is InChI=1S/C23H14NO.C20H28NSi.Ir/c1-2-8-16(9-3-1)17-13-14-18(20-11-6-7-15-24-20)23-22(17)19-10-4-5-12-21(19)25-23;1-15-8-10-16(11-9-15)18-12-17(13-20(2,3)4)19(14-21-18)22(5,6)7;/h1-13,15H;8-10,12,14H,13H2,1-7H3;/q2*-1;. The van der Waals surface area contributed by atoms with Gasteiger partial charge < -0.3 is 14.4 Å². The normalized spacial score (nSPS) is 11.6. The van der Waals surface area contributed by atoms with Gasteiger partial charge >= 0.3 is 0 Å². The van der Waals surface area contributed by atoms with Gasteiger partial charge in [0.15, 0.2) is 0 Å². The molecular weight excluding hydrogens is 781 g/mol. The molecule has 0 spiro atoms. The number of aryl methyl sites for hydroxylation is 1. The van der Waals surface area contributed by atoms with E-state index < -0.39 is 8.07 Å². The molecule has 245 valence electrons. The summed E-state index contributed by atoms with van der Waals surface area (Å²) in [6, 6.07) is 41.8. The summed E-state index contributed by atoms with van der Waals surface area (Å²) in [5, 5.41) is 3.71. The Balaban J connectivity index is 0.000000186. The number of hydrogen-bond acceptors (Lipinski definition) is 3. The molecule has 4 aromatic carbocycles. The first kappa shape index (κ1) is 35.2. The van der Waals surface area contributed by atoms with Crippen molar-refractivity contribution >= 4 is 35.2 Å². The van der Waals surface area contributed by atoms with Crippen LogP contribution in [0.5, 0.6) is 0 Å². The molecule has 0 aliphatic heterocycles. The summed E-state index contributed by atoms with van der Waals surface area (Å²) < 4.78 is 6.23. The summed E-state index contributed by atoms with van der Waals surface area (Å²) in [5.41, 5.74) is 10.9. The maximum Gasteiger partial charge on any atom is 0.120 e. The predicted octanol–water partition coefficient (Wildman–Crippen LogP) is 11.1. The van der Waals surface area contributed by atoms with Crippen LogP contribution < -0.4 is 5.19 Å². The van der Waals surface area contributed by atoms with Crippen LogP contribution in [0.25, 0.3) is 55.6 Å². The van der Waals surface area contributed by atoms with Crippen molar-refractivity contribution in [2.75, 3.05) is 0 Å². The van der Waals surface area contributed by atoms with Gasteiger partial charge in [0.2, 0.25) is 0 Å². The van der Waals surface area contributed by atoms with Crippen molar-refractivity contribution in [2.24, 2.45) is 5.41 Å². The second-order valence-electron chi connectivity index (χ2n) is 14.5. The molecule has 3 aromatic heterocycles. The quantitative estimate of drug-likeness (QED) is 0.128. The van der Waals surface area contributed by atoms with Crippen LogP contribution in [0.15, 0.2) is 120 Å². The predicted molar refractivity (Wildman–Crippen MR) is 201 cm³/mol. The van der Waals surface area contributed by atoms with E-state index in [1.165, 1.54) is 16.3 Å². The SMILES string of the molecule is Cc1c[c-]c(-c2cc(CC(C)(C)C)c([Si](C)(C)C)cn2)cc1.[Ir].[c-]1cc(-c2ccccc2)c2c(oc3ccccc32)c1-c1ccccn1. The Hall–Kier alpha value is -4.15. The zero-order valence-corrected chi connectivity index (χ0v) is 32.2. The van der Waals surface area contributed by atoms with Gasteiger partial charge in [-0.05, 0) is 45.9 Å². The number of nitrogens with zero attached hydrogens (tertiary/aromatic N) is 2. The zero-order valence-electron chi connectivity index (χ0n) is 28.8. The number of pyridine rings is 2. The van der Waals surface area contributed by atoms with E-state index >= 15 is 0 Å². The molecule has 5 heteroatoms. The van der Waals surface area contributed by atoms with Crippen LogP contribution in [-0.2, 0) is 26.5 Å². The number of benzene rings is 4. The van der Waals surface area contributed by atoms with Gasteiger partial charge in [-0.1, -0.05) is 136 Å². The zero-order chi connectivity index (χ0) is 33.2. The first-order valence-electron chi connectivity index (χ1n) is 16.3. The third-order valence-corrected chi connectivity index (χ3v) is 10.3. The van der Waals surface area contributed by atoms with Crippen molar-refractivity contribution in [1.82, 2.24) is 9.97 Å². The molecule has 0 unspecified atom stereocenters. The molecule has 0 atom stereocenters. The Morgan fingerprint density at radius 3 is 2.17 bits per heavy atom. The van der Waals surface area contributed by atoms with Crippen molar-refractivity contribution in [3.05, 3.63) is 139 Å². The van der Waals surface area contributed by atoms with Crippen LogP contribution in [0, 0.1) is 24.5 Å². The second-order valence-corrected chi connectivity index (χ2v) is 19.5. The maximum atomic E-state index is 6.23. The molecule has 0 aliphatic rings. The Bertz CT molecular complexity index is 2130. The van der Waals surface area contributed by atoms with Gasteiger partial charge in [-0.3, -0.25) is 0 Å². The molecule has 1 radical (unpaired) electrons. The van der Waals surface area contributed by atoms with Crippen LogP contribution in [-0.4, -0.2) is 18.0 Å². The Labute approximate surface area is 299 Å².